The van der Waals surface area contributed by atoms with E-state index in [1.165, 1.54) is 6.92 Å². The summed E-state index contributed by atoms with van der Waals surface area (Å²) in [5.74, 6) is -0.492. The number of hydrogen-bond acceptors (Lipinski definition) is 4. The fourth-order valence-corrected chi connectivity index (χ4v) is 1.78. The molecule has 7 heteroatoms. The Morgan fingerprint density at radius 1 is 1.22 bits per heavy atom. The molecule has 126 valence electrons. The maximum absolute atomic E-state index is 11.8. The van der Waals surface area contributed by atoms with Crippen molar-refractivity contribution in [2.45, 2.75) is 33.2 Å². The summed E-state index contributed by atoms with van der Waals surface area (Å²) in [4.78, 5) is 34.6. The van der Waals surface area contributed by atoms with E-state index in [-0.39, 0.29) is 18.4 Å². The zero-order valence-corrected chi connectivity index (χ0v) is 13.6. The van der Waals surface area contributed by atoms with Gasteiger partial charge in [-0.25, -0.2) is 0 Å². The van der Waals surface area contributed by atoms with Crippen molar-refractivity contribution in [3.8, 4) is 5.75 Å². The number of para-hydroxylation sites is 2. The Balaban J connectivity index is 2.50. The minimum absolute atomic E-state index is 0.230. The Kier molecular flexibility index (Phi) is 7.59. The topological polar surface area (TPSA) is 96.5 Å². The van der Waals surface area contributed by atoms with E-state index in [4.69, 9.17) is 4.74 Å². The van der Waals surface area contributed by atoms with Crippen molar-refractivity contribution in [1.82, 2.24) is 10.6 Å². The highest BCUT2D eigenvalue weighted by Gasteiger charge is 2.15. The van der Waals surface area contributed by atoms with Gasteiger partial charge in [-0.2, -0.15) is 0 Å². The smallest absolute Gasteiger partial charge is 0.258 e. The molecule has 0 aliphatic heterocycles. The van der Waals surface area contributed by atoms with E-state index in [2.05, 4.69) is 16.0 Å². The Hall–Kier alpha value is -2.57. The molecule has 1 aromatic carbocycles. The van der Waals surface area contributed by atoms with Crippen molar-refractivity contribution in [2.24, 2.45) is 0 Å². The third-order valence-electron chi connectivity index (χ3n) is 2.88. The molecule has 1 atom stereocenters. The molecule has 23 heavy (non-hydrogen) atoms. The molecule has 3 N–H and O–H groups in total. The van der Waals surface area contributed by atoms with Gasteiger partial charge in [0.1, 0.15) is 11.8 Å². The van der Waals surface area contributed by atoms with E-state index in [1.54, 1.807) is 31.2 Å². The summed E-state index contributed by atoms with van der Waals surface area (Å²) in [6.07, 6.45) is 0.829. The van der Waals surface area contributed by atoms with E-state index in [0.717, 1.165) is 6.42 Å². The minimum Gasteiger partial charge on any atom is -0.482 e. The van der Waals surface area contributed by atoms with Gasteiger partial charge in [-0.15, -0.1) is 0 Å². The lowest BCUT2D eigenvalue weighted by molar-refractivity contribution is -0.129. The number of carbonyl (C=O) groups excluding carboxylic acids is 3. The molecule has 0 saturated carbocycles. The van der Waals surface area contributed by atoms with Crippen molar-refractivity contribution in [1.29, 1.82) is 0 Å². The zero-order valence-electron chi connectivity index (χ0n) is 13.6. The summed E-state index contributed by atoms with van der Waals surface area (Å²) in [6.45, 7) is 5.26. The molecule has 0 heterocycles. The van der Waals surface area contributed by atoms with Gasteiger partial charge in [-0.05, 0) is 25.5 Å². The van der Waals surface area contributed by atoms with Crippen molar-refractivity contribution >= 4 is 23.4 Å². The van der Waals surface area contributed by atoms with Crippen molar-refractivity contribution in [2.75, 3.05) is 18.5 Å². The second-order valence-corrected chi connectivity index (χ2v) is 5.05. The molecule has 1 aromatic rings. The predicted octanol–water partition coefficient (Wildman–Crippen LogP) is 1.05. The lowest BCUT2D eigenvalue weighted by atomic mass is 10.3. The van der Waals surface area contributed by atoms with Gasteiger partial charge in [0.15, 0.2) is 6.61 Å². The van der Waals surface area contributed by atoms with Gasteiger partial charge in [-0.1, -0.05) is 19.1 Å². The van der Waals surface area contributed by atoms with Gasteiger partial charge in [0.05, 0.1) is 5.69 Å². The lowest BCUT2D eigenvalue weighted by Crippen LogP contribution is -2.46. The normalized spacial score (nSPS) is 11.3. The van der Waals surface area contributed by atoms with E-state index < -0.39 is 11.9 Å². The minimum atomic E-state index is -0.636. The van der Waals surface area contributed by atoms with E-state index in [1.807, 2.05) is 6.92 Å². The quantitative estimate of drug-likeness (QED) is 0.667. The van der Waals surface area contributed by atoms with Crippen LogP contribution in [0.2, 0.25) is 0 Å². The lowest BCUT2D eigenvalue weighted by Gasteiger charge is -2.15. The van der Waals surface area contributed by atoms with Crippen LogP contribution in [-0.2, 0) is 14.4 Å². The highest BCUT2D eigenvalue weighted by atomic mass is 16.5. The molecule has 0 aromatic heterocycles. The van der Waals surface area contributed by atoms with Crippen LogP contribution < -0.4 is 20.7 Å². The number of nitrogens with one attached hydrogen (secondary N) is 3. The second-order valence-electron chi connectivity index (χ2n) is 5.05. The predicted molar refractivity (Wildman–Crippen MR) is 87.1 cm³/mol. The molecule has 3 amide bonds. The van der Waals surface area contributed by atoms with Gasteiger partial charge < -0.3 is 20.7 Å². The van der Waals surface area contributed by atoms with Crippen LogP contribution in [0, 0.1) is 0 Å². The van der Waals surface area contributed by atoms with Crippen LogP contribution in [0.5, 0.6) is 5.75 Å². The summed E-state index contributed by atoms with van der Waals surface area (Å²) < 4.78 is 5.40. The maximum atomic E-state index is 11.8. The second kappa shape index (κ2) is 9.45. The zero-order chi connectivity index (χ0) is 17.2. The Bertz CT molecular complexity index is 560. The van der Waals surface area contributed by atoms with Crippen LogP contribution in [-0.4, -0.2) is 36.9 Å². The number of carbonyl (C=O) groups is 3. The molecule has 0 saturated heterocycles. The first kappa shape index (κ1) is 18.5. The number of anilines is 1. The third-order valence-corrected chi connectivity index (χ3v) is 2.88. The summed E-state index contributed by atoms with van der Waals surface area (Å²) in [7, 11) is 0. The molecule has 0 aliphatic rings. The Labute approximate surface area is 135 Å². The fraction of sp³-hybridized carbons (Fsp3) is 0.438. The number of rotatable bonds is 8. The molecule has 0 fully saturated rings. The first-order valence-corrected chi connectivity index (χ1v) is 7.50. The molecule has 1 rings (SSSR count). The van der Waals surface area contributed by atoms with Gasteiger partial charge >= 0.3 is 0 Å². The van der Waals surface area contributed by atoms with E-state index in [9.17, 15) is 14.4 Å². The third kappa shape index (κ3) is 6.82. The van der Waals surface area contributed by atoms with Crippen LogP contribution in [0.1, 0.15) is 27.2 Å². The van der Waals surface area contributed by atoms with Gasteiger partial charge in [0.2, 0.25) is 11.8 Å². The molecule has 7 nitrogen and oxygen atoms in total. The summed E-state index contributed by atoms with van der Waals surface area (Å²) in [5, 5.41) is 7.88. The van der Waals surface area contributed by atoms with Gasteiger partial charge in [0, 0.05) is 13.5 Å². The molecule has 0 spiro atoms. The summed E-state index contributed by atoms with van der Waals surface area (Å²) in [6, 6.07) is 6.17. The largest absolute Gasteiger partial charge is 0.482 e. The molecule has 1 unspecified atom stereocenters. The number of benzene rings is 1. The molecular formula is C16H23N3O4. The molecule has 0 radical (unpaired) electrons. The molecular weight excluding hydrogens is 298 g/mol. The van der Waals surface area contributed by atoms with Crippen molar-refractivity contribution in [3.05, 3.63) is 24.3 Å². The highest BCUT2D eigenvalue weighted by Crippen LogP contribution is 2.23. The highest BCUT2D eigenvalue weighted by molar-refractivity contribution is 5.90. The van der Waals surface area contributed by atoms with E-state index >= 15 is 0 Å². The molecule has 0 bridgehead atoms. The summed E-state index contributed by atoms with van der Waals surface area (Å²) in [5.41, 5.74) is 0.488. The van der Waals surface area contributed by atoms with Gasteiger partial charge in [-0.3, -0.25) is 14.4 Å². The number of amides is 3. The van der Waals surface area contributed by atoms with Crippen LogP contribution in [0.15, 0.2) is 24.3 Å². The van der Waals surface area contributed by atoms with Crippen LogP contribution in [0.25, 0.3) is 0 Å². The average Bonchev–Trinajstić information content (AvgIpc) is 2.51. The average molecular weight is 321 g/mol. The fourth-order valence-electron chi connectivity index (χ4n) is 1.78. The number of ether oxygens (including phenoxy) is 1. The SMILES string of the molecule is CCCNC(=O)C(C)NC(=O)COc1ccccc1NC(C)=O. The Morgan fingerprint density at radius 2 is 1.91 bits per heavy atom. The van der Waals surface area contributed by atoms with Crippen molar-refractivity contribution in [3.63, 3.8) is 0 Å². The monoisotopic (exact) mass is 321 g/mol. The first-order chi connectivity index (χ1) is 10.9. The number of hydrogen-bond donors (Lipinski definition) is 3. The van der Waals surface area contributed by atoms with Crippen molar-refractivity contribution < 1.29 is 19.1 Å². The van der Waals surface area contributed by atoms with Gasteiger partial charge in [0.25, 0.3) is 5.91 Å². The maximum Gasteiger partial charge on any atom is 0.258 e. The Morgan fingerprint density at radius 3 is 2.57 bits per heavy atom. The standard InChI is InChI=1S/C16H23N3O4/c1-4-9-17-16(22)11(2)18-15(21)10-23-14-8-6-5-7-13(14)19-12(3)20/h5-8,11H,4,9-10H2,1-3H3,(H,17,22)(H,18,21)(H,19,20). The summed E-state index contributed by atoms with van der Waals surface area (Å²) >= 11 is 0. The van der Waals surface area contributed by atoms with Crippen LogP contribution in [0.3, 0.4) is 0 Å². The van der Waals surface area contributed by atoms with Crippen LogP contribution in [0.4, 0.5) is 5.69 Å². The molecule has 0 aliphatic carbocycles. The first-order valence-electron chi connectivity index (χ1n) is 7.50. The van der Waals surface area contributed by atoms with E-state index in [0.29, 0.717) is 18.0 Å². The van der Waals surface area contributed by atoms with Crippen LogP contribution >= 0.6 is 0 Å².